The third-order valence-corrected chi connectivity index (χ3v) is 6.13. The predicted molar refractivity (Wildman–Crippen MR) is 122 cm³/mol. The number of hydrogen-bond donors (Lipinski definition) is 1. The summed E-state index contributed by atoms with van der Waals surface area (Å²) in [4.78, 5) is 5.99. The second-order valence-electron chi connectivity index (χ2n) is 7.16. The van der Waals surface area contributed by atoms with Crippen molar-refractivity contribution in [2.75, 3.05) is 32.2 Å². The van der Waals surface area contributed by atoms with E-state index in [0.717, 1.165) is 52.9 Å². The molecule has 152 valence electrons. The van der Waals surface area contributed by atoms with E-state index in [0.29, 0.717) is 6.61 Å². The maximum Gasteiger partial charge on any atom is 0.197 e. The summed E-state index contributed by atoms with van der Waals surface area (Å²) in [5, 5.41) is 3.62. The fourth-order valence-electron chi connectivity index (χ4n) is 3.48. The summed E-state index contributed by atoms with van der Waals surface area (Å²) in [7, 11) is 1.74. The molecule has 0 radical (unpaired) electrons. The Morgan fingerprint density at radius 3 is 2.72 bits per heavy atom. The van der Waals surface area contributed by atoms with Gasteiger partial charge in [-0.15, -0.1) is 0 Å². The van der Waals surface area contributed by atoms with Crippen LogP contribution in [0.5, 0.6) is 5.75 Å². The molecule has 0 saturated carbocycles. The molecule has 0 unspecified atom stereocenters. The number of rotatable bonds is 8. The molecule has 4 aromatic rings. The zero-order valence-electron chi connectivity index (χ0n) is 17.4. The van der Waals surface area contributed by atoms with Crippen molar-refractivity contribution < 1.29 is 9.47 Å². The summed E-state index contributed by atoms with van der Waals surface area (Å²) in [6, 6.07) is 12.8. The molecule has 0 fully saturated rings. The van der Waals surface area contributed by atoms with Crippen molar-refractivity contribution >= 4 is 32.3 Å². The van der Waals surface area contributed by atoms with Gasteiger partial charge in [0.15, 0.2) is 4.96 Å². The van der Waals surface area contributed by atoms with Crippen molar-refractivity contribution in [3.05, 3.63) is 47.5 Å². The monoisotopic (exact) mass is 409 g/mol. The van der Waals surface area contributed by atoms with Crippen LogP contribution in [0.15, 0.2) is 36.4 Å². The molecule has 0 spiro atoms. The lowest BCUT2D eigenvalue weighted by Gasteiger charge is -2.10. The van der Waals surface area contributed by atoms with E-state index in [4.69, 9.17) is 14.5 Å². The average Bonchev–Trinajstić information content (AvgIpc) is 3.23. The van der Waals surface area contributed by atoms with Gasteiger partial charge in [0.2, 0.25) is 0 Å². The Labute approximate surface area is 175 Å². The molecule has 0 bridgehead atoms. The number of hydrogen-bond acceptors (Lipinski definition) is 5. The second kappa shape index (κ2) is 8.43. The summed E-state index contributed by atoms with van der Waals surface area (Å²) in [6.07, 6.45) is 0.937. The number of imidazole rings is 1. The van der Waals surface area contributed by atoms with Crippen LogP contribution in [-0.4, -0.2) is 36.3 Å². The topological polar surface area (TPSA) is 47.8 Å². The van der Waals surface area contributed by atoms with Crippen LogP contribution >= 0.6 is 11.3 Å². The van der Waals surface area contributed by atoms with Crippen molar-refractivity contribution in [1.82, 2.24) is 9.38 Å². The Balaban J connectivity index is 1.84. The number of nitrogens with zero attached hydrogens (tertiary/aromatic N) is 2. The van der Waals surface area contributed by atoms with Crippen LogP contribution in [0.1, 0.15) is 24.5 Å². The highest BCUT2D eigenvalue weighted by Gasteiger charge is 2.19. The molecular formula is C23H27N3O2S. The lowest BCUT2D eigenvalue weighted by atomic mass is 10.0. The van der Waals surface area contributed by atoms with Gasteiger partial charge >= 0.3 is 0 Å². The molecule has 5 nitrogen and oxygen atoms in total. The highest BCUT2D eigenvalue weighted by atomic mass is 32.1. The molecule has 0 amide bonds. The van der Waals surface area contributed by atoms with E-state index >= 15 is 0 Å². The molecule has 2 heterocycles. The van der Waals surface area contributed by atoms with Gasteiger partial charge in [-0.25, -0.2) is 4.98 Å². The summed E-state index contributed by atoms with van der Waals surface area (Å²) in [5.41, 5.74) is 5.84. The van der Waals surface area contributed by atoms with Crippen LogP contribution in [0.25, 0.3) is 26.4 Å². The maximum atomic E-state index is 5.67. The first-order chi connectivity index (χ1) is 14.1. The molecule has 6 heteroatoms. The lowest BCUT2D eigenvalue weighted by Crippen LogP contribution is -2.07. The Kier molecular flexibility index (Phi) is 5.74. The van der Waals surface area contributed by atoms with Gasteiger partial charge in [-0.1, -0.05) is 23.5 Å². The third-order valence-electron chi connectivity index (χ3n) is 5.13. The molecule has 0 aliphatic heterocycles. The summed E-state index contributed by atoms with van der Waals surface area (Å²) < 4.78 is 14.3. The average molecular weight is 410 g/mol. The van der Waals surface area contributed by atoms with Crippen molar-refractivity contribution in [2.45, 2.75) is 27.2 Å². The minimum Gasteiger partial charge on any atom is -0.494 e. The Morgan fingerprint density at radius 1 is 1.10 bits per heavy atom. The molecule has 4 rings (SSSR count). The van der Waals surface area contributed by atoms with Crippen LogP contribution in [0, 0.1) is 13.8 Å². The molecule has 1 N–H and O–H groups in total. The summed E-state index contributed by atoms with van der Waals surface area (Å²) in [5.74, 6) is 1.93. The van der Waals surface area contributed by atoms with Crippen LogP contribution in [-0.2, 0) is 4.74 Å². The first-order valence-electron chi connectivity index (χ1n) is 10.0. The van der Waals surface area contributed by atoms with Crippen molar-refractivity contribution in [2.24, 2.45) is 0 Å². The molecule has 2 aromatic carbocycles. The Hall–Kier alpha value is -2.57. The van der Waals surface area contributed by atoms with Crippen LogP contribution in [0.2, 0.25) is 0 Å². The van der Waals surface area contributed by atoms with E-state index in [-0.39, 0.29) is 0 Å². The first-order valence-corrected chi connectivity index (χ1v) is 10.8. The molecule has 0 aliphatic rings. The van der Waals surface area contributed by atoms with Gasteiger partial charge in [-0.2, -0.15) is 0 Å². The third kappa shape index (κ3) is 3.82. The van der Waals surface area contributed by atoms with Gasteiger partial charge in [0.1, 0.15) is 17.3 Å². The van der Waals surface area contributed by atoms with Crippen molar-refractivity contribution in [3.63, 3.8) is 0 Å². The first kappa shape index (κ1) is 19.7. The minimum absolute atomic E-state index is 0.664. The number of thiazole rings is 1. The fraction of sp³-hybridized carbons (Fsp3) is 0.348. The number of ether oxygens (including phenoxy) is 2. The smallest absolute Gasteiger partial charge is 0.197 e. The summed E-state index contributed by atoms with van der Waals surface area (Å²) in [6.45, 7) is 8.51. The second-order valence-corrected chi connectivity index (χ2v) is 8.17. The number of benzene rings is 2. The highest BCUT2D eigenvalue weighted by molar-refractivity contribution is 7.23. The molecule has 29 heavy (non-hydrogen) atoms. The quantitative estimate of drug-likeness (QED) is 0.380. The van der Waals surface area contributed by atoms with Gasteiger partial charge < -0.3 is 14.8 Å². The van der Waals surface area contributed by atoms with Gasteiger partial charge in [-0.05, 0) is 62.6 Å². The number of fused-ring (bicyclic) bond motifs is 3. The predicted octanol–water partition coefficient (Wildman–Crippen LogP) is 5.68. The zero-order valence-corrected chi connectivity index (χ0v) is 18.2. The molecule has 0 saturated heterocycles. The van der Waals surface area contributed by atoms with E-state index in [9.17, 15) is 0 Å². The maximum absolute atomic E-state index is 5.67. The van der Waals surface area contributed by atoms with Crippen molar-refractivity contribution in [3.8, 4) is 17.0 Å². The number of aromatic nitrogens is 2. The van der Waals surface area contributed by atoms with E-state index in [1.165, 1.54) is 15.8 Å². The largest absolute Gasteiger partial charge is 0.494 e. The van der Waals surface area contributed by atoms with Crippen LogP contribution in [0.4, 0.5) is 5.82 Å². The van der Waals surface area contributed by atoms with E-state index < -0.39 is 0 Å². The minimum atomic E-state index is 0.664. The van der Waals surface area contributed by atoms with E-state index in [1.54, 1.807) is 18.4 Å². The molecule has 0 aliphatic carbocycles. The van der Waals surface area contributed by atoms with Gasteiger partial charge in [-0.3, -0.25) is 4.40 Å². The molecular weight excluding hydrogens is 382 g/mol. The normalized spacial score (nSPS) is 11.4. The summed E-state index contributed by atoms with van der Waals surface area (Å²) >= 11 is 1.69. The van der Waals surface area contributed by atoms with Crippen LogP contribution < -0.4 is 10.1 Å². The van der Waals surface area contributed by atoms with E-state index in [1.807, 2.05) is 13.0 Å². The van der Waals surface area contributed by atoms with Gasteiger partial charge in [0.25, 0.3) is 0 Å². The molecule has 2 aromatic heterocycles. The number of aryl methyl sites for hydroxylation is 2. The number of nitrogens with one attached hydrogen (secondary N) is 1. The Bertz CT molecular complexity index is 1150. The number of anilines is 1. The molecule has 0 atom stereocenters. The van der Waals surface area contributed by atoms with Gasteiger partial charge in [0.05, 0.1) is 16.8 Å². The zero-order chi connectivity index (χ0) is 20.4. The van der Waals surface area contributed by atoms with Gasteiger partial charge in [0, 0.05) is 25.8 Å². The lowest BCUT2D eigenvalue weighted by molar-refractivity contribution is 0.198. The SMILES string of the molecule is CCOc1ccc2c(c1)sc1nc(-c3ccc(C)c(C)c3)c(NCCCOC)n12. The van der Waals surface area contributed by atoms with Crippen LogP contribution in [0.3, 0.4) is 0 Å². The standard InChI is InChI=1S/C23H27N3O2S/c1-5-28-18-9-10-19-20(14-18)29-23-25-21(17-8-7-15(2)16(3)13-17)22(26(19)23)24-11-6-12-27-4/h7-10,13-14,24H,5-6,11-12H2,1-4H3. The highest BCUT2D eigenvalue weighted by Crippen LogP contribution is 2.37. The Morgan fingerprint density at radius 2 is 1.97 bits per heavy atom. The number of methoxy groups -OCH3 is 1. The van der Waals surface area contributed by atoms with E-state index in [2.05, 4.69) is 53.9 Å². The van der Waals surface area contributed by atoms with Crippen molar-refractivity contribution in [1.29, 1.82) is 0 Å². The fourth-order valence-corrected chi connectivity index (χ4v) is 4.54.